The Labute approximate surface area is 166 Å². The van der Waals surface area contributed by atoms with Gasteiger partial charge in [-0.15, -0.1) is 0 Å². The normalized spacial score (nSPS) is 20.2. The number of hydrogen-bond acceptors (Lipinski definition) is 5. The van der Waals surface area contributed by atoms with Crippen molar-refractivity contribution in [3.05, 3.63) is 47.9 Å². The third-order valence-corrected chi connectivity index (χ3v) is 5.75. The fraction of sp³-hybridized carbons (Fsp3) is 0.500. The lowest BCUT2D eigenvalue weighted by Crippen LogP contribution is -2.41. The van der Waals surface area contributed by atoms with Gasteiger partial charge in [0.15, 0.2) is 0 Å². The summed E-state index contributed by atoms with van der Waals surface area (Å²) in [5.74, 6) is 2.26. The molecule has 1 fully saturated rings. The smallest absolute Gasteiger partial charge is 0.253 e. The molecule has 1 aliphatic carbocycles. The lowest BCUT2D eigenvalue weighted by molar-refractivity contribution is 0.0909. The number of amides is 1. The van der Waals surface area contributed by atoms with Crippen molar-refractivity contribution in [2.24, 2.45) is 5.92 Å². The van der Waals surface area contributed by atoms with E-state index < -0.39 is 0 Å². The highest BCUT2D eigenvalue weighted by Gasteiger charge is 2.29. The highest BCUT2D eigenvalue weighted by atomic mass is 16.5. The Morgan fingerprint density at radius 2 is 1.93 bits per heavy atom. The van der Waals surface area contributed by atoms with Gasteiger partial charge >= 0.3 is 0 Å². The van der Waals surface area contributed by atoms with Crippen LogP contribution in [0.2, 0.25) is 0 Å². The first-order valence-electron chi connectivity index (χ1n) is 9.94. The largest absolute Gasteiger partial charge is 0.495 e. The molecule has 0 aliphatic heterocycles. The molecule has 1 N–H and O–H groups in total. The van der Waals surface area contributed by atoms with Crippen LogP contribution in [0.1, 0.15) is 60.9 Å². The van der Waals surface area contributed by atoms with Crippen LogP contribution in [0.3, 0.4) is 0 Å². The molecule has 2 heterocycles. The van der Waals surface area contributed by atoms with Crippen molar-refractivity contribution in [1.29, 1.82) is 0 Å². The zero-order valence-electron chi connectivity index (χ0n) is 16.9. The molecule has 0 bridgehead atoms. The summed E-state index contributed by atoms with van der Waals surface area (Å²) in [6, 6.07) is 5.73. The molecule has 28 heavy (non-hydrogen) atoms. The molecule has 6 nitrogen and oxygen atoms in total. The van der Waals surface area contributed by atoms with Crippen molar-refractivity contribution >= 4 is 5.91 Å². The molecular weight excluding hydrogens is 354 g/mol. The SMILES string of the molecule is CC[C@H](NC(=O)c1ccc(OC)nc1)C1CCC(c2cncc(OC)c2)CC1. The Balaban J connectivity index is 1.57. The summed E-state index contributed by atoms with van der Waals surface area (Å²) in [5, 5.41) is 3.21. The van der Waals surface area contributed by atoms with Crippen LogP contribution < -0.4 is 14.8 Å². The maximum atomic E-state index is 12.6. The summed E-state index contributed by atoms with van der Waals surface area (Å²) in [5.41, 5.74) is 1.81. The molecule has 1 saturated carbocycles. The minimum atomic E-state index is -0.0684. The van der Waals surface area contributed by atoms with E-state index in [0.29, 0.717) is 23.3 Å². The average molecular weight is 383 g/mol. The van der Waals surface area contributed by atoms with Crippen LogP contribution in [-0.4, -0.2) is 36.1 Å². The number of aromatic nitrogens is 2. The van der Waals surface area contributed by atoms with E-state index in [2.05, 4.69) is 28.3 Å². The molecule has 1 atom stereocenters. The zero-order valence-corrected chi connectivity index (χ0v) is 16.9. The van der Waals surface area contributed by atoms with E-state index in [-0.39, 0.29) is 11.9 Å². The van der Waals surface area contributed by atoms with Crippen LogP contribution in [0, 0.1) is 5.92 Å². The van der Waals surface area contributed by atoms with E-state index in [1.807, 2.05) is 6.20 Å². The number of methoxy groups -OCH3 is 2. The first-order valence-corrected chi connectivity index (χ1v) is 9.94. The third-order valence-electron chi connectivity index (χ3n) is 5.75. The van der Waals surface area contributed by atoms with Crippen LogP contribution in [-0.2, 0) is 0 Å². The monoisotopic (exact) mass is 383 g/mol. The van der Waals surface area contributed by atoms with Crippen molar-refractivity contribution in [2.45, 2.75) is 51.0 Å². The number of rotatable bonds is 7. The molecule has 0 radical (unpaired) electrons. The first-order chi connectivity index (χ1) is 13.6. The number of carbonyl (C=O) groups excluding carboxylic acids is 1. The Morgan fingerprint density at radius 1 is 1.14 bits per heavy atom. The summed E-state index contributed by atoms with van der Waals surface area (Å²) in [6.07, 6.45) is 10.6. The predicted octanol–water partition coefficient (Wildman–Crippen LogP) is 3.98. The van der Waals surface area contributed by atoms with Crippen LogP contribution >= 0.6 is 0 Å². The standard InChI is InChI=1S/C22H29N3O3/c1-4-20(25-22(26)17-9-10-21(28-3)24-13-17)16-7-5-15(6-8-16)18-11-19(27-2)14-23-12-18/h9-16,20H,4-8H2,1-3H3,(H,25,26)/t15?,16?,20-/m0/s1. The van der Waals surface area contributed by atoms with Gasteiger partial charge in [0.2, 0.25) is 5.88 Å². The summed E-state index contributed by atoms with van der Waals surface area (Å²) < 4.78 is 10.4. The zero-order chi connectivity index (χ0) is 19.9. The molecule has 0 unspecified atom stereocenters. The van der Waals surface area contributed by atoms with Gasteiger partial charge in [0.1, 0.15) is 5.75 Å². The van der Waals surface area contributed by atoms with Crippen LogP contribution in [0.5, 0.6) is 11.6 Å². The Bertz CT molecular complexity index is 771. The van der Waals surface area contributed by atoms with Crippen molar-refractivity contribution in [3.63, 3.8) is 0 Å². The molecule has 2 aromatic heterocycles. The van der Waals surface area contributed by atoms with Gasteiger partial charge in [-0.25, -0.2) is 4.98 Å². The summed E-state index contributed by atoms with van der Waals surface area (Å²) in [7, 11) is 3.23. The molecule has 0 spiro atoms. The lowest BCUT2D eigenvalue weighted by atomic mass is 9.75. The Hall–Kier alpha value is -2.63. The maximum Gasteiger partial charge on any atom is 0.253 e. The second-order valence-electron chi connectivity index (χ2n) is 7.35. The van der Waals surface area contributed by atoms with Gasteiger partial charge in [0.05, 0.1) is 26.0 Å². The van der Waals surface area contributed by atoms with Crippen LogP contribution in [0.4, 0.5) is 0 Å². The van der Waals surface area contributed by atoms with Gasteiger partial charge in [-0.2, -0.15) is 0 Å². The molecule has 0 saturated heterocycles. The van der Waals surface area contributed by atoms with Crippen molar-refractivity contribution in [3.8, 4) is 11.6 Å². The quantitative estimate of drug-likeness (QED) is 0.783. The number of nitrogens with one attached hydrogen (secondary N) is 1. The van der Waals surface area contributed by atoms with E-state index in [9.17, 15) is 4.79 Å². The number of pyridine rings is 2. The van der Waals surface area contributed by atoms with Crippen molar-refractivity contribution in [2.75, 3.05) is 14.2 Å². The average Bonchev–Trinajstić information content (AvgIpc) is 2.77. The van der Waals surface area contributed by atoms with Gasteiger partial charge in [0, 0.05) is 24.5 Å². The molecule has 2 aromatic rings. The lowest BCUT2D eigenvalue weighted by Gasteiger charge is -2.34. The summed E-state index contributed by atoms with van der Waals surface area (Å²) >= 11 is 0. The molecule has 3 rings (SSSR count). The van der Waals surface area contributed by atoms with Gasteiger partial charge in [-0.05, 0) is 61.6 Å². The van der Waals surface area contributed by atoms with E-state index in [1.165, 1.54) is 5.56 Å². The highest BCUT2D eigenvalue weighted by molar-refractivity contribution is 5.94. The van der Waals surface area contributed by atoms with Gasteiger partial charge in [-0.3, -0.25) is 9.78 Å². The van der Waals surface area contributed by atoms with Crippen molar-refractivity contribution < 1.29 is 14.3 Å². The molecule has 6 heteroatoms. The van der Waals surface area contributed by atoms with E-state index in [4.69, 9.17) is 9.47 Å². The van der Waals surface area contributed by atoms with E-state index in [1.54, 1.807) is 38.7 Å². The fourth-order valence-electron chi connectivity index (χ4n) is 4.07. The fourth-order valence-corrected chi connectivity index (χ4v) is 4.07. The molecule has 150 valence electrons. The van der Waals surface area contributed by atoms with E-state index in [0.717, 1.165) is 37.9 Å². The first kappa shape index (κ1) is 20.1. The number of ether oxygens (including phenoxy) is 2. The molecular formula is C22H29N3O3. The molecule has 0 aromatic carbocycles. The number of nitrogens with zero attached hydrogens (tertiary/aromatic N) is 2. The van der Waals surface area contributed by atoms with Gasteiger partial charge < -0.3 is 14.8 Å². The number of hydrogen-bond donors (Lipinski definition) is 1. The summed E-state index contributed by atoms with van der Waals surface area (Å²) in [6.45, 7) is 2.13. The Morgan fingerprint density at radius 3 is 2.54 bits per heavy atom. The predicted molar refractivity (Wildman–Crippen MR) is 108 cm³/mol. The maximum absolute atomic E-state index is 12.6. The molecule has 1 aliphatic rings. The van der Waals surface area contributed by atoms with Crippen molar-refractivity contribution in [1.82, 2.24) is 15.3 Å². The Kier molecular flexibility index (Phi) is 6.85. The van der Waals surface area contributed by atoms with Crippen LogP contribution in [0.15, 0.2) is 36.8 Å². The summed E-state index contributed by atoms with van der Waals surface area (Å²) in [4.78, 5) is 21.0. The number of carbonyl (C=O) groups is 1. The minimum Gasteiger partial charge on any atom is -0.495 e. The van der Waals surface area contributed by atoms with Gasteiger partial charge in [-0.1, -0.05) is 6.92 Å². The second kappa shape index (κ2) is 9.53. The highest BCUT2D eigenvalue weighted by Crippen LogP contribution is 2.38. The second-order valence-corrected chi connectivity index (χ2v) is 7.35. The third kappa shape index (κ3) is 4.80. The van der Waals surface area contributed by atoms with Crippen LogP contribution in [0.25, 0.3) is 0 Å². The minimum absolute atomic E-state index is 0.0684. The molecule has 1 amide bonds. The topological polar surface area (TPSA) is 73.3 Å². The van der Waals surface area contributed by atoms with Gasteiger partial charge in [0.25, 0.3) is 5.91 Å². The van der Waals surface area contributed by atoms with E-state index >= 15 is 0 Å².